The van der Waals surface area contributed by atoms with Gasteiger partial charge in [-0.2, -0.15) is 0 Å². The van der Waals surface area contributed by atoms with Crippen LogP contribution in [0.1, 0.15) is 19.8 Å². The third kappa shape index (κ3) is 4.44. The number of ether oxygens (including phenoxy) is 1. The first kappa shape index (κ1) is 17.4. The zero-order valence-corrected chi connectivity index (χ0v) is 12.8. The van der Waals surface area contributed by atoms with Crippen molar-refractivity contribution in [3.05, 3.63) is 28.3 Å². The molecule has 0 aromatic heterocycles. The van der Waals surface area contributed by atoms with E-state index in [2.05, 4.69) is 5.32 Å². The third-order valence-corrected chi connectivity index (χ3v) is 3.03. The highest BCUT2D eigenvalue weighted by Crippen LogP contribution is 2.28. The normalized spacial score (nSPS) is 9.95. The summed E-state index contributed by atoms with van der Waals surface area (Å²) in [6.07, 6.45) is 1.71. The predicted molar refractivity (Wildman–Crippen MR) is 80.8 cm³/mol. The minimum atomic E-state index is -0.814. The molecule has 8 nitrogen and oxygen atoms in total. The number of hydrogen-bond donors (Lipinski definition) is 1. The summed E-state index contributed by atoms with van der Waals surface area (Å²) in [5.74, 6) is -1.37. The largest absolute Gasteiger partial charge is 0.494 e. The summed E-state index contributed by atoms with van der Waals surface area (Å²) in [6, 6.07) is 3.73. The van der Waals surface area contributed by atoms with Crippen molar-refractivity contribution in [2.45, 2.75) is 19.8 Å². The van der Waals surface area contributed by atoms with Crippen LogP contribution >= 0.6 is 0 Å². The Morgan fingerprint density at radius 2 is 2.09 bits per heavy atom. The second-order valence-electron chi connectivity index (χ2n) is 4.68. The van der Waals surface area contributed by atoms with E-state index in [0.29, 0.717) is 6.54 Å². The Labute approximate surface area is 128 Å². The quantitative estimate of drug-likeness (QED) is 0.490. The van der Waals surface area contributed by atoms with Gasteiger partial charge in [0.2, 0.25) is 0 Å². The number of anilines is 1. The third-order valence-electron chi connectivity index (χ3n) is 3.03. The van der Waals surface area contributed by atoms with Crippen LogP contribution in [0.2, 0.25) is 0 Å². The molecule has 0 radical (unpaired) electrons. The fraction of sp³-hybridized carbons (Fsp3) is 0.429. The van der Waals surface area contributed by atoms with Gasteiger partial charge >= 0.3 is 11.8 Å². The van der Waals surface area contributed by atoms with Crippen LogP contribution in [-0.4, -0.2) is 42.3 Å². The SMILES string of the molecule is CCCCN(C)C(=O)C(=O)Nc1ccc([N+](=O)[O-])cc1OC. The first-order chi connectivity index (χ1) is 10.4. The van der Waals surface area contributed by atoms with E-state index in [1.807, 2.05) is 6.92 Å². The monoisotopic (exact) mass is 309 g/mol. The average Bonchev–Trinajstić information content (AvgIpc) is 2.51. The average molecular weight is 309 g/mol. The van der Waals surface area contributed by atoms with Gasteiger partial charge in [-0.05, 0) is 12.5 Å². The number of unbranched alkanes of at least 4 members (excludes halogenated alkanes) is 1. The Morgan fingerprint density at radius 1 is 1.41 bits per heavy atom. The maximum absolute atomic E-state index is 11.9. The first-order valence-corrected chi connectivity index (χ1v) is 6.79. The molecule has 0 heterocycles. The molecule has 120 valence electrons. The maximum Gasteiger partial charge on any atom is 0.313 e. The summed E-state index contributed by atoms with van der Waals surface area (Å²) >= 11 is 0. The molecule has 0 fully saturated rings. The number of nitrogens with zero attached hydrogens (tertiary/aromatic N) is 2. The highest BCUT2D eigenvalue weighted by atomic mass is 16.6. The lowest BCUT2D eigenvalue weighted by Gasteiger charge is -2.16. The Balaban J connectivity index is 2.83. The first-order valence-electron chi connectivity index (χ1n) is 6.79. The van der Waals surface area contributed by atoms with Crippen molar-refractivity contribution in [3.8, 4) is 5.75 Å². The molecule has 0 aliphatic rings. The van der Waals surface area contributed by atoms with Gasteiger partial charge < -0.3 is 15.0 Å². The van der Waals surface area contributed by atoms with Gasteiger partial charge in [-0.1, -0.05) is 13.3 Å². The van der Waals surface area contributed by atoms with Crippen LogP contribution in [0.4, 0.5) is 11.4 Å². The number of hydrogen-bond acceptors (Lipinski definition) is 5. The van der Waals surface area contributed by atoms with Crippen LogP contribution in [0.25, 0.3) is 0 Å². The fourth-order valence-corrected chi connectivity index (χ4v) is 1.74. The Kier molecular flexibility index (Phi) is 6.30. The number of methoxy groups -OCH3 is 1. The minimum Gasteiger partial charge on any atom is -0.494 e. The number of nitro benzene ring substituents is 1. The number of rotatable bonds is 6. The fourth-order valence-electron chi connectivity index (χ4n) is 1.74. The van der Waals surface area contributed by atoms with E-state index in [1.165, 1.54) is 30.2 Å². The lowest BCUT2D eigenvalue weighted by atomic mass is 10.2. The highest BCUT2D eigenvalue weighted by Gasteiger charge is 2.20. The van der Waals surface area contributed by atoms with Crippen molar-refractivity contribution in [3.63, 3.8) is 0 Å². The molecule has 1 aromatic carbocycles. The van der Waals surface area contributed by atoms with Gasteiger partial charge in [0.05, 0.1) is 23.8 Å². The molecular formula is C14H19N3O5. The lowest BCUT2D eigenvalue weighted by molar-refractivity contribution is -0.384. The zero-order valence-electron chi connectivity index (χ0n) is 12.8. The van der Waals surface area contributed by atoms with Crippen LogP contribution in [0.5, 0.6) is 5.75 Å². The number of carbonyl (C=O) groups is 2. The van der Waals surface area contributed by atoms with Crippen molar-refractivity contribution >= 4 is 23.2 Å². The highest BCUT2D eigenvalue weighted by molar-refractivity contribution is 6.39. The second-order valence-corrected chi connectivity index (χ2v) is 4.68. The molecule has 1 rings (SSSR count). The Bertz CT molecular complexity index is 574. The summed E-state index contributed by atoms with van der Waals surface area (Å²) in [4.78, 5) is 35.3. The van der Waals surface area contributed by atoms with E-state index < -0.39 is 16.7 Å². The topological polar surface area (TPSA) is 102 Å². The zero-order chi connectivity index (χ0) is 16.7. The molecule has 22 heavy (non-hydrogen) atoms. The van der Waals surface area contributed by atoms with Gasteiger partial charge in [0.15, 0.2) is 0 Å². The molecule has 1 aromatic rings. The van der Waals surface area contributed by atoms with E-state index in [-0.39, 0.29) is 17.1 Å². The molecule has 1 N–H and O–H groups in total. The van der Waals surface area contributed by atoms with Gasteiger partial charge in [-0.25, -0.2) is 0 Å². The lowest BCUT2D eigenvalue weighted by Crippen LogP contribution is -2.37. The van der Waals surface area contributed by atoms with E-state index >= 15 is 0 Å². The van der Waals surface area contributed by atoms with Gasteiger partial charge in [-0.3, -0.25) is 19.7 Å². The molecule has 2 amide bonds. The molecule has 8 heteroatoms. The van der Waals surface area contributed by atoms with Crippen LogP contribution in [0.15, 0.2) is 18.2 Å². The molecule has 0 unspecified atom stereocenters. The smallest absolute Gasteiger partial charge is 0.313 e. The molecule has 0 spiro atoms. The Morgan fingerprint density at radius 3 is 2.64 bits per heavy atom. The molecule has 0 saturated heterocycles. The molecule has 0 atom stereocenters. The van der Waals surface area contributed by atoms with Crippen LogP contribution in [0.3, 0.4) is 0 Å². The molecule has 0 bridgehead atoms. The minimum absolute atomic E-state index is 0.117. The van der Waals surface area contributed by atoms with Crippen LogP contribution in [0, 0.1) is 10.1 Å². The predicted octanol–water partition coefficient (Wildman–Crippen LogP) is 1.80. The number of carbonyl (C=O) groups excluding carboxylic acids is 2. The number of non-ortho nitro benzene ring substituents is 1. The van der Waals surface area contributed by atoms with Crippen molar-refractivity contribution in [2.24, 2.45) is 0 Å². The molecule has 0 saturated carbocycles. The standard InChI is InChI=1S/C14H19N3O5/c1-4-5-8-16(2)14(19)13(18)15-11-7-6-10(17(20)21)9-12(11)22-3/h6-7,9H,4-5,8H2,1-3H3,(H,15,18). The van der Waals surface area contributed by atoms with Crippen molar-refractivity contribution < 1.29 is 19.2 Å². The summed E-state index contributed by atoms with van der Waals surface area (Å²) in [6.45, 7) is 2.47. The van der Waals surface area contributed by atoms with Gasteiger partial charge in [0, 0.05) is 19.7 Å². The Hall–Kier alpha value is -2.64. The van der Waals surface area contributed by atoms with E-state index in [1.54, 1.807) is 7.05 Å². The summed E-state index contributed by atoms with van der Waals surface area (Å²) in [7, 11) is 2.87. The molecule has 0 aliphatic carbocycles. The van der Waals surface area contributed by atoms with Gasteiger partial charge in [0.25, 0.3) is 5.69 Å². The van der Waals surface area contributed by atoms with Crippen molar-refractivity contribution in [2.75, 3.05) is 26.0 Å². The number of likely N-dealkylation sites (N-methyl/N-ethyl adjacent to an activating group) is 1. The number of nitrogens with one attached hydrogen (secondary N) is 1. The number of benzene rings is 1. The van der Waals surface area contributed by atoms with Crippen molar-refractivity contribution in [1.82, 2.24) is 4.90 Å². The molecular weight excluding hydrogens is 290 g/mol. The summed E-state index contributed by atoms with van der Waals surface area (Å²) in [5, 5.41) is 13.1. The summed E-state index contributed by atoms with van der Waals surface area (Å²) in [5.41, 5.74) is 0.0385. The second kappa shape index (κ2) is 7.96. The summed E-state index contributed by atoms with van der Waals surface area (Å²) < 4.78 is 5.00. The number of nitro groups is 1. The van der Waals surface area contributed by atoms with E-state index in [9.17, 15) is 19.7 Å². The maximum atomic E-state index is 11.9. The molecule has 0 aliphatic heterocycles. The van der Waals surface area contributed by atoms with E-state index in [0.717, 1.165) is 12.8 Å². The van der Waals surface area contributed by atoms with Gasteiger partial charge in [0.1, 0.15) is 5.75 Å². The van der Waals surface area contributed by atoms with Crippen LogP contribution in [-0.2, 0) is 9.59 Å². The van der Waals surface area contributed by atoms with E-state index in [4.69, 9.17) is 4.74 Å². The van der Waals surface area contributed by atoms with Crippen molar-refractivity contribution in [1.29, 1.82) is 0 Å². The van der Waals surface area contributed by atoms with Crippen LogP contribution < -0.4 is 10.1 Å². The van der Waals surface area contributed by atoms with Gasteiger partial charge in [-0.15, -0.1) is 0 Å². The number of amides is 2.